The number of fused-ring (bicyclic) bond motifs is 1. The monoisotopic (exact) mass is 260 g/mol. The highest BCUT2D eigenvalue weighted by Crippen LogP contribution is 2.31. The predicted octanol–water partition coefficient (Wildman–Crippen LogP) is 2.71. The summed E-state index contributed by atoms with van der Waals surface area (Å²) in [6, 6.07) is 4.44. The van der Waals surface area contributed by atoms with Gasteiger partial charge in [0, 0.05) is 24.7 Å². The Hall–Kier alpha value is -1.35. The third-order valence-electron chi connectivity index (χ3n) is 3.81. The van der Waals surface area contributed by atoms with Crippen molar-refractivity contribution in [3.05, 3.63) is 28.8 Å². The largest absolute Gasteiger partial charge is 0.328 e. The summed E-state index contributed by atoms with van der Waals surface area (Å²) >= 11 is 0. The molecule has 0 aliphatic carbocycles. The topological polar surface area (TPSA) is 46.3 Å². The number of nitrogens with two attached hydrogens (primary N) is 1. The molecule has 0 saturated carbocycles. The van der Waals surface area contributed by atoms with Gasteiger partial charge in [0.1, 0.15) is 0 Å². The standard InChI is InChI=1S/C16H24N2O/c1-11-9-12(2)14-5-4-8-18(15(14)10-11)16(19)7-6-13(3)17/h9-10,13H,4-8,17H2,1-3H3. The number of carbonyl (C=O) groups is 1. The fourth-order valence-electron chi connectivity index (χ4n) is 2.82. The van der Waals surface area contributed by atoms with Crippen LogP contribution < -0.4 is 10.6 Å². The van der Waals surface area contributed by atoms with Crippen LogP contribution in [0.15, 0.2) is 12.1 Å². The molecule has 1 atom stereocenters. The van der Waals surface area contributed by atoms with E-state index in [4.69, 9.17) is 5.73 Å². The molecule has 1 heterocycles. The summed E-state index contributed by atoms with van der Waals surface area (Å²) in [5.74, 6) is 0.211. The molecule has 0 bridgehead atoms. The summed E-state index contributed by atoms with van der Waals surface area (Å²) in [5.41, 5.74) is 10.7. The molecule has 0 radical (unpaired) electrons. The van der Waals surface area contributed by atoms with Crippen LogP contribution in [-0.2, 0) is 11.2 Å². The van der Waals surface area contributed by atoms with Crippen molar-refractivity contribution in [2.24, 2.45) is 5.73 Å². The van der Waals surface area contributed by atoms with E-state index in [-0.39, 0.29) is 11.9 Å². The molecule has 1 aliphatic heterocycles. The zero-order chi connectivity index (χ0) is 14.0. The van der Waals surface area contributed by atoms with Gasteiger partial charge in [0.05, 0.1) is 0 Å². The van der Waals surface area contributed by atoms with Gasteiger partial charge in [0.2, 0.25) is 5.91 Å². The van der Waals surface area contributed by atoms with E-state index in [1.807, 2.05) is 11.8 Å². The van der Waals surface area contributed by atoms with Crippen molar-refractivity contribution in [2.75, 3.05) is 11.4 Å². The number of amides is 1. The highest BCUT2D eigenvalue weighted by Gasteiger charge is 2.23. The van der Waals surface area contributed by atoms with Gasteiger partial charge in [-0.3, -0.25) is 4.79 Å². The van der Waals surface area contributed by atoms with Crippen molar-refractivity contribution < 1.29 is 4.79 Å². The third kappa shape index (κ3) is 3.16. The maximum Gasteiger partial charge on any atom is 0.227 e. The predicted molar refractivity (Wildman–Crippen MR) is 79.5 cm³/mol. The number of rotatable bonds is 3. The second kappa shape index (κ2) is 5.74. The van der Waals surface area contributed by atoms with Gasteiger partial charge in [-0.15, -0.1) is 0 Å². The first-order chi connectivity index (χ1) is 8.99. The number of aryl methyl sites for hydroxylation is 2. The fraction of sp³-hybridized carbons (Fsp3) is 0.562. The Labute approximate surface area is 115 Å². The van der Waals surface area contributed by atoms with Crippen molar-refractivity contribution in [3.8, 4) is 0 Å². The molecular formula is C16H24N2O. The van der Waals surface area contributed by atoms with Gasteiger partial charge in [0.15, 0.2) is 0 Å². The van der Waals surface area contributed by atoms with E-state index in [0.29, 0.717) is 6.42 Å². The fourth-order valence-corrected chi connectivity index (χ4v) is 2.82. The lowest BCUT2D eigenvalue weighted by molar-refractivity contribution is -0.118. The highest BCUT2D eigenvalue weighted by molar-refractivity contribution is 5.94. The summed E-state index contributed by atoms with van der Waals surface area (Å²) in [6.07, 6.45) is 3.44. The molecule has 0 fully saturated rings. The Balaban J connectivity index is 2.24. The van der Waals surface area contributed by atoms with Crippen molar-refractivity contribution in [2.45, 2.75) is 52.5 Å². The minimum Gasteiger partial charge on any atom is -0.328 e. The molecule has 104 valence electrons. The van der Waals surface area contributed by atoms with E-state index in [0.717, 1.165) is 31.5 Å². The zero-order valence-corrected chi connectivity index (χ0v) is 12.2. The van der Waals surface area contributed by atoms with Crippen LogP contribution in [0.4, 0.5) is 5.69 Å². The number of hydrogen-bond acceptors (Lipinski definition) is 2. The van der Waals surface area contributed by atoms with Gasteiger partial charge < -0.3 is 10.6 Å². The molecule has 1 aliphatic rings. The summed E-state index contributed by atoms with van der Waals surface area (Å²) in [6.45, 7) is 7.02. The van der Waals surface area contributed by atoms with Crippen molar-refractivity contribution in [3.63, 3.8) is 0 Å². The zero-order valence-electron chi connectivity index (χ0n) is 12.2. The number of nitrogens with zero attached hydrogens (tertiary/aromatic N) is 1. The Bertz CT molecular complexity index is 480. The molecular weight excluding hydrogens is 236 g/mol. The van der Waals surface area contributed by atoms with E-state index in [1.54, 1.807) is 0 Å². The van der Waals surface area contributed by atoms with Gasteiger partial charge in [-0.1, -0.05) is 6.07 Å². The van der Waals surface area contributed by atoms with Crippen LogP contribution in [0.5, 0.6) is 0 Å². The molecule has 0 aromatic heterocycles. The molecule has 3 nitrogen and oxygen atoms in total. The van der Waals surface area contributed by atoms with Crippen LogP contribution in [0, 0.1) is 13.8 Å². The van der Waals surface area contributed by atoms with Gasteiger partial charge in [-0.05, 0) is 62.8 Å². The van der Waals surface area contributed by atoms with Crippen LogP contribution in [0.25, 0.3) is 0 Å². The quantitative estimate of drug-likeness (QED) is 0.908. The first-order valence-corrected chi connectivity index (χ1v) is 7.15. The number of benzene rings is 1. The van der Waals surface area contributed by atoms with Crippen molar-refractivity contribution >= 4 is 11.6 Å². The maximum atomic E-state index is 12.4. The van der Waals surface area contributed by atoms with E-state index >= 15 is 0 Å². The molecule has 1 aromatic rings. The van der Waals surface area contributed by atoms with E-state index in [2.05, 4.69) is 26.0 Å². The second-order valence-corrected chi connectivity index (χ2v) is 5.74. The second-order valence-electron chi connectivity index (χ2n) is 5.74. The molecule has 1 unspecified atom stereocenters. The lowest BCUT2D eigenvalue weighted by atomic mass is 9.94. The summed E-state index contributed by atoms with van der Waals surface area (Å²) in [4.78, 5) is 14.3. The van der Waals surface area contributed by atoms with Crippen LogP contribution >= 0.6 is 0 Å². The Kier molecular flexibility index (Phi) is 4.25. The highest BCUT2D eigenvalue weighted by atomic mass is 16.2. The SMILES string of the molecule is Cc1cc(C)c2c(c1)N(C(=O)CCC(C)N)CCC2. The Morgan fingerprint density at radius 1 is 1.42 bits per heavy atom. The first kappa shape index (κ1) is 14.1. The lowest BCUT2D eigenvalue weighted by Crippen LogP contribution is -2.36. The number of carbonyl (C=O) groups excluding carboxylic acids is 1. The molecule has 1 aromatic carbocycles. The average molecular weight is 260 g/mol. The average Bonchev–Trinajstić information content (AvgIpc) is 2.35. The lowest BCUT2D eigenvalue weighted by Gasteiger charge is -2.31. The molecule has 2 rings (SSSR count). The van der Waals surface area contributed by atoms with Crippen LogP contribution in [0.2, 0.25) is 0 Å². The minimum absolute atomic E-state index is 0.0902. The third-order valence-corrected chi connectivity index (χ3v) is 3.81. The van der Waals surface area contributed by atoms with Crippen LogP contribution in [-0.4, -0.2) is 18.5 Å². The normalized spacial score (nSPS) is 16.1. The minimum atomic E-state index is 0.0902. The summed E-state index contributed by atoms with van der Waals surface area (Å²) in [5, 5.41) is 0. The molecule has 19 heavy (non-hydrogen) atoms. The van der Waals surface area contributed by atoms with Gasteiger partial charge in [-0.25, -0.2) is 0 Å². The number of hydrogen-bond donors (Lipinski definition) is 1. The van der Waals surface area contributed by atoms with Crippen LogP contribution in [0.1, 0.15) is 42.9 Å². The molecule has 0 spiro atoms. The molecule has 2 N–H and O–H groups in total. The first-order valence-electron chi connectivity index (χ1n) is 7.15. The van der Waals surface area contributed by atoms with E-state index < -0.39 is 0 Å². The summed E-state index contributed by atoms with van der Waals surface area (Å²) < 4.78 is 0. The van der Waals surface area contributed by atoms with Crippen molar-refractivity contribution in [1.29, 1.82) is 0 Å². The summed E-state index contributed by atoms with van der Waals surface area (Å²) in [7, 11) is 0. The molecule has 1 amide bonds. The Morgan fingerprint density at radius 2 is 2.16 bits per heavy atom. The van der Waals surface area contributed by atoms with Crippen LogP contribution in [0.3, 0.4) is 0 Å². The van der Waals surface area contributed by atoms with Gasteiger partial charge in [0.25, 0.3) is 0 Å². The maximum absolute atomic E-state index is 12.4. The molecule has 3 heteroatoms. The van der Waals surface area contributed by atoms with Gasteiger partial charge >= 0.3 is 0 Å². The van der Waals surface area contributed by atoms with E-state index in [9.17, 15) is 4.79 Å². The number of anilines is 1. The Morgan fingerprint density at radius 3 is 2.84 bits per heavy atom. The van der Waals surface area contributed by atoms with Crippen molar-refractivity contribution in [1.82, 2.24) is 0 Å². The molecule has 0 saturated heterocycles. The van der Waals surface area contributed by atoms with E-state index in [1.165, 1.54) is 16.7 Å². The van der Waals surface area contributed by atoms with Gasteiger partial charge in [-0.2, -0.15) is 0 Å². The smallest absolute Gasteiger partial charge is 0.227 e.